The van der Waals surface area contributed by atoms with Crippen LogP contribution in [0.5, 0.6) is 0 Å². The highest BCUT2D eigenvalue weighted by atomic mass is 127. The van der Waals surface area contributed by atoms with Crippen molar-refractivity contribution in [2.75, 3.05) is 18.1 Å². The molecular formula is C11H10INOS2. The number of thioether (sulfide) groups is 2. The molecule has 0 N–H and O–H groups in total. The van der Waals surface area contributed by atoms with Gasteiger partial charge >= 0.3 is 0 Å². The lowest BCUT2D eigenvalue weighted by atomic mass is 10.2. The zero-order valence-electron chi connectivity index (χ0n) is 8.48. The minimum absolute atomic E-state index is 0.177. The maximum absolute atomic E-state index is 11.8. The fourth-order valence-electron chi connectivity index (χ4n) is 1.25. The Bertz CT molecular complexity index is 416. The molecule has 0 bridgehead atoms. The van der Waals surface area contributed by atoms with E-state index in [0.717, 1.165) is 25.8 Å². The topological polar surface area (TPSA) is 29.4 Å². The first-order chi connectivity index (χ1) is 7.75. The van der Waals surface area contributed by atoms with E-state index < -0.39 is 0 Å². The van der Waals surface area contributed by atoms with Crippen LogP contribution in [0.1, 0.15) is 10.4 Å². The van der Waals surface area contributed by atoms with Gasteiger partial charge in [0.05, 0.1) is 12.3 Å². The number of carbonyl (C=O) groups is 1. The van der Waals surface area contributed by atoms with E-state index in [4.69, 9.17) is 0 Å². The molecule has 0 fully saturated rings. The standard InChI is InChI=1S/C11H10INOS2/c12-9-3-1-8(2-4-9)10(14)7-16-11-13-5-6-15-11/h1-4H,5-7H2. The van der Waals surface area contributed by atoms with Crippen molar-refractivity contribution in [3.05, 3.63) is 33.4 Å². The molecule has 84 valence electrons. The summed E-state index contributed by atoms with van der Waals surface area (Å²) < 4.78 is 2.20. The van der Waals surface area contributed by atoms with E-state index in [0.29, 0.717) is 5.75 Å². The van der Waals surface area contributed by atoms with Crippen molar-refractivity contribution in [1.82, 2.24) is 0 Å². The lowest BCUT2D eigenvalue weighted by Gasteiger charge is -2.00. The second-order valence-electron chi connectivity index (χ2n) is 3.21. The zero-order valence-corrected chi connectivity index (χ0v) is 12.3. The zero-order chi connectivity index (χ0) is 11.4. The van der Waals surface area contributed by atoms with Gasteiger partial charge in [0.15, 0.2) is 5.78 Å². The molecule has 1 aliphatic rings. The predicted molar refractivity (Wildman–Crippen MR) is 80.7 cm³/mol. The third-order valence-corrected chi connectivity index (χ3v) is 5.02. The molecule has 0 amide bonds. The molecule has 2 nitrogen and oxygen atoms in total. The third kappa shape index (κ3) is 3.49. The number of Topliss-reactive ketones (excluding diaryl/α,β-unsaturated/α-hetero) is 1. The average molecular weight is 363 g/mol. The maximum Gasteiger partial charge on any atom is 0.173 e. The Morgan fingerprint density at radius 2 is 2.19 bits per heavy atom. The van der Waals surface area contributed by atoms with E-state index in [9.17, 15) is 4.79 Å². The molecule has 0 atom stereocenters. The maximum atomic E-state index is 11.8. The molecule has 1 aliphatic heterocycles. The van der Waals surface area contributed by atoms with Gasteiger partial charge < -0.3 is 0 Å². The molecule has 0 spiro atoms. The smallest absolute Gasteiger partial charge is 0.173 e. The van der Waals surface area contributed by atoms with Gasteiger partial charge in [-0.25, -0.2) is 0 Å². The number of hydrogen-bond acceptors (Lipinski definition) is 4. The molecule has 0 aliphatic carbocycles. The van der Waals surface area contributed by atoms with E-state index in [2.05, 4.69) is 27.6 Å². The summed E-state index contributed by atoms with van der Waals surface area (Å²) in [5.41, 5.74) is 0.788. The van der Waals surface area contributed by atoms with Gasteiger partial charge in [0.1, 0.15) is 4.38 Å². The first-order valence-electron chi connectivity index (χ1n) is 4.84. The van der Waals surface area contributed by atoms with Gasteiger partial charge in [0.2, 0.25) is 0 Å². The van der Waals surface area contributed by atoms with E-state index in [1.807, 2.05) is 24.3 Å². The minimum Gasteiger partial charge on any atom is -0.293 e. The fourth-order valence-corrected chi connectivity index (χ4v) is 3.51. The van der Waals surface area contributed by atoms with Crippen molar-refractivity contribution in [2.24, 2.45) is 4.99 Å². The Morgan fingerprint density at radius 3 is 2.81 bits per heavy atom. The van der Waals surface area contributed by atoms with E-state index in [-0.39, 0.29) is 5.78 Å². The SMILES string of the molecule is O=C(CSC1=NCCS1)c1ccc(I)cc1. The van der Waals surface area contributed by atoms with Crippen LogP contribution < -0.4 is 0 Å². The number of benzene rings is 1. The molecule has 0 saturated heterocycles. The second kappa shape index (κ2) is 6.07. The lowest BCUT2D eigenvalue weighted by Crippen LogP contribution is -2.03. The Hall–Kier alpha value is -0.0100. The summed E-state index contributed by atoms with van der Waals surface area (Å²) >= 11 is 5.53. The number of halogens is 1. The van der Waals surface area contributed by atoms with Crippen LogP contribution in [0.3, 0.4) is 0 Å². The third-order valence-electron chi connectivity index (χ3n) is 2.05. The Balaban J connectivity index is 1.90. The quantitative estimate of drug-likeness (QED) is 0.610. The van der Waals surface area contributed by atoms with Gasteiger partial charge in [0.25, 0.3) is 0 Å². The summed E-state index contributed by atoms with van der Waals surface area (Å²) in [4.78, 5) is 16.1. The molecule has 2 rings (SSSR count). The Morgan fingerprint density at radius 1 is 1.44 bits per heavy atom. The lowest BCUT2D eigenvalue weighted by molar-refractivity contribution is 0.102. The molecule has 0 saturated carbocycles. The van der Waals surface area contributed by atoms with Gasteiger partial charge in [-0.2, -0.15) is 0 Å². The van der Waals surface area contributed by atoms with E-state index in [1.165, 1.54) is 0 Å². The van der Waals surface area contributed by atoms with Crippen LogP contribution in [0.15, 0.2) is 29.3 Å². The van der Waals surface area contributed by atoms with Crippen molar-refractivity contribution < 1.29 is 4.79 Å². The molecular weight excluding hydrogens is 353 g/mol. The molecule has 5 heteroatoms. The monoisotopic (exact) mass is 363 g/mol. The number of aliphatic imine (C=N–C) groups is 1. The normalized spacial score (nSPS) is 14.9. The van der Waals surface area contributed by atoms with Crippen LogP contribution in [-0.4, -0.2) is 28.2 Å². The van der Waals surface area contributed by atoms with Crippen LogP contribution in [0.2, 0.25) is 0 Å². The Labute approximate surface area is 117 Å². The van der Waals surface area contributed by atoms with E-state index in [1.54, 1.807) is 23.5 Å². The molecule has 16 heavy (non-hydrogen) atoms. The molecule has 1 heterocycles. The van der Waals surface area contributed by atoms with Crippen LogP contribution >= 0.6 is 46.1 Å². The first-order valence-corrected chi connectivity index (χ1v) is 7.89. The van der Waals surface area contributed by atoms with Crippen LogP contribution in [0.4, 0.5) is 0 Å². The van der Waals surface area contributed by atoms with Gasteiger partial charge in [-0.05, 0) is 34.7 Å². The number of carbonyl (C=O) groups excluding carboxylic acids is 1. The Kier molecular flexibility index (Phi) is 4.72. The average Bonchev–Trinajstić information content (AvgIpc) is 2.80. The molecule has 1 aromatic carbocycles. The number of nitrogens with zero attached hydrogens (tertiary/aromatic N) is 1. The highest BCUT2D eigenvalue weighted by molar-refractivity contribution is 14.1. The number of rotatable bonds is 3. The van der Waals surface area contributed by atoms with Crippen molar-refractivity contribution >= 4 is 56.3 Å². The summed E-state index contributed by atoms with van der Waals surface area (Å²) in [5.74, 6) is 1.73. The fraction of sp³-hybridized carbons (Fsp3) is 0.273. The molecule has 0 aromatic heterocycles. The van der Waals surface area contributed by atoms with Crippen molar-refractivity contribution in [3.8, 4) is 0 Å². The largest absolute Gasteiger partial charge is 0.293 e. The minimum atomic E-state index is 0.177. The van der Waals surface area contributed by atoms with E-state index >= 15 is 0 Å². The molecule has 0 unspecified atom stereocenters. The van der Waals surface area contributed by atoms with Crippen LogP contribution in [-0.2, 0) is 0 Å². The van der Waals surface area contributed by atoms with Crippen LogP contribution in [0.25, 0.3) is 0 Å². The van der Waals surface area contributed by atoms with Gasteiger partial charge in [-0.3, -0.25) is 9.79 Å². The summed E-state index contributed by atoms with van der Waals surface area (Å²) in [6.07, 6.45) is 0. The van der Waals surface area contributed by atoms with Gasteiger partial charge in [0, 0.05) is 14.9 Å². The number of ketones is 1. The first kappa shape index (κ1) is 12.4. The second-order valence-corrected chi connectivity index (χ2v) is 6.77. The molecule has 1 aromatic rings. The van der Waals surface area contributed by atoms with Crippen molar-refractivity contribution in [3.63, 3.8) is 0 Å². The van der Waals surface area contributed by atoms with Gasteiger partial charge in [-0.15, -0.1) is 0 Å². The highest BCUT2D eigenvalue weighted by Crippen LogP contribution is 2.22. The predicted octanol–water partition coefficient (Wildman–Crippen LogP) is 3.31. The van der Waals surface area contributed by atoms with Crippen molar-refractivity contribution in [1.29, 1.82) is 0 Å². The van der Waals surface area contributed by atoms with Gasteiger partial charge in [-0.1, -0.05) is 35.7 Å². The number of hydrogen-bond donors (Lipinski definition) is 0. The van der Waals surface area contributed by atoms with Crippen LogP contribution in [0, 0.1) is 3.57 Å². The highest BCUT2D eigenvalue weighted by Gasteiger charge is 2.11. The summed E-state index contributed by atoms with van der Waals surface area (Å²) in [7, 11) is 0. The summed E-state index contributed by atoms with van der Waals surface area (Å²) in [6.45, 7) is 0.894. The summed E-state index contributed by atoms with van der Waals surface area (Å²) in [5, 5.41) is 0. The summed E-state index contributed by atoms with van der Waals surface area (Å²) in [6, 6.07) is 7.68. The van der Waals surface area contributed by atoms with Crippen molar-refractivity contribution in [2.45, 2.75) is 0 Å². The molecule has 0 radical (unpaired) electrons.